The van der Waals surface area contributed by atoms with Crippen LogP contribution in [0.3, 0.4) is 0 Å². The molecule has 0 fully saturated rings. The maximum Gasteiger partial charge on any atom is 0.263 e. The van der Waals surface area contributed by atoms with Gasteiger partial charge in [0.25, 0.3) is 11.5 Å². The largest absolute Gasteiger partial charge is 0.497 e. The molecule has 0 saturated carbocycles. The summed E-state index contributed by atoms with van der Waals surface area (Å²) < 4.78 is 6.41. The maximum absolute atomic E-state index is 12.4. The van der Waals surface area contributed by atoms with Gasteiger partial charge in [-0.15, -0.1) is 0 Å². The fourth-order valence-electron chi connectivity index (χ4n) is 2.21. The lowest BCUT2D eigenvalue weighted by molar-refractivity contribution is 0.0954. The summed E-state index contributed by atoms with van der Waals surface area (Å²) in [6, 6.07) is 6.74. The normalized spacial score (nSPS) is 10.5. The number of nitrogens with zero attached hydrogens (tertiary/aromatic N) is 3. The highest BCUT2D eigenvalue weighted by Gasteiger charge is 2.16. The summed E-state index contributed by atoms with van der Waals surface area (Å²) >= 11 is 1.17. The highest BCUT2D eigenvalue weighted by Crippen LogP contribution is 2.21. The molecule has 0 bridgehead atoms. The van der Waals surface area contributed by atoms with Gasteiger partial charge in [0.15, 0.2) is 5.13 Å². The molecule has 1 amide bonds. The fraction of sp³-hybridized carbons (Fsp3) is 0.176. The van der Waals surface area contributed by atoms with Crippen molar-refractivity contribution >= 4 is 17.2 Å². The molecule has 1 N–H and O–H groups in total. The number of amides is 1. The first-order chi connectivity index (χ1) is 12.1. The zero-order valence-electron chi connectivity index (χ0n) is 13.7. The van der Waals surface area contributed by atoms with E-state index in [1.54, 1.807) is 31.6 Å². The molecule has 0 spiro atoms. The fourth-order valence-corrected chi connectivity index (χ4v) is 3.18. The van der Waals surface area contributed by atoms with Gasteiger partial charge in [-0.05, 0) is 24.6 Å². The summed E-state index contributed by atoms with van der Waals surface area (Å²) in [6.45, 7) is 2.12. The third-order valence-electron chi connectivity index (χ3n) is 3.50. The second kappa shape index (κ2) is 7.27. The van der Waals surface area contributed by atoms with Gasteiger partial charge >= 0.3 is 0 Å². The smallest absolute Gasteiger partial charge is 0.263 e. The quantitative estimate of drug-likeness (QED) is 0.755. The number of ether oxygens (including phenoxy) is 1. The Bertz CT molecular complexity index is 950. The predicted octanol–water partition coefficient (Wildman–Crippen LogP) is 1.94. The van der Waals surface area contributed by atoms with Crippen LogP contribution in [-0.4, -0.2) is 27.6 Å². The minimum atomic E-state index is -0.268. The molecule has 0 aliphatic rings. The molecular weight excluding hydrogens is 340 g/mol. The molecule has 3 aromatic rings. The number of nitrogens with one attached hydrogen (secondary N) is 1. The van der Waals surface area contributed by atoms with Gasteiger partial charge in [-0.3, -0.25) is 19.1 Å². The van der Waals surface area contributed by atoms with Crippen molar-refractivity contribution in [3.63, 3.8) is 0 Å². The first kappa shape index (κ1) is 16.8. The number of pyridine rings is 2. The zero-order chi connectivity index (χ0) is 17.8. The van der Waals surface area contributed by atoms with Crippen LogP contribution in [0.4, 0.5) is 0 Å². The number of hydrogen-bond acceptors (Lipinski definition) is 6. The van der Waals surface area contributed by atoms with Crippen LogP contribution >= 0.6 is 11.3 Å². The number of hydrogen-bond donors (Lipinski definition) is 1. The van der Waals surface area contributed by atoms with Gasteiger partial charge in [0.2, 0.25) is 0 Å². The third kappa shape index (κ3) is 3.74. The van der Waals surface area contributed by atoms with Crippen molar-refractivity contribution in [1.82, 2.24) is 19.9 Å². The van der Waals surface area contributed by atoms with Gasteiger partial charge in [-0.1, -0.05) is 17.4 Å². The Morgan fingerprint density at radius 2 is 2.24 bits per heavy atom. The van der Waals surface area contributed by atoms with Crippen LogP contribution in [0.15, 0.2) is 47.7 Å². The molecule has 25 heavy (non-hydrogen) atoms. The molecule has 0 aromatic carbocycles. The first-order valence-electron chi connectivity index (χ1n) is 7.50. The Hall–Kier alpha value is -3.00. The molecular formula is C17H16N4O3S. The molecule has 0 aliphatic carbocycles. The van der Waals surface area contributed by atoms with Crippen molar-refractivity contribution in [3.8, 4) is 10.9 Å². The van der Waals surface area contributed by atoms with Crippen LogP contribution in [0.5, 0.6) is 5.75 Å². The summed E-state index contributed by atoms with van der Waals surface area (Å²) in [5, 5.41) is 3.28. The topological polar surface area (TPSA) is 86.1 Å². The van der Waals surface area contributed by atoms with Crippen LogP contribution in [0.1, 0.15) is 20.9 Å². The van der Waals surface area contributed by atoms with E-state index in [-0.39, 0.29) is 11.5 Å². The molecule has 3 rings (SSSR count). The van der Waals surface area contributed by atoms with Crippen molar-refractivity contribution in [3.05, 3.63) is 69.3 Å². The van der Waals surface area contributed by atoms with E-state index < -0.39 is 0 Å². The van der Waals surface area contributed by atoms with Crippen LogP contribution in [0.2, 0.25) is 0 Å². The van der Waals surface area contributed by atoms with Crippen molar-refractivity contribution in [2.24, 2.45) is 0 Å². The predicted molar refractivity (Wildman–Crippen MR) is 94.4 cm³/mol. The molecule has 7 nitrogen and oxygen atoms in total. The molecule has 0 unspecified atom stereocenters. The van der Waals surface area contributed by atoms with Gasteiger partial charge in [0.05, 0.1) is 12.8 Å². The number of aromatic nitrogens is 3. The summed E-state index contributed by atoms with van der Waals surface area (Å²) in [5.41, 5.74) is 1.21. The van der Waals surface area contributed by atoms with Crippen molar-refractivity contribution in [2.75, 3.05) is 7.11 Å². The molecule has 128 valence electrons. The molecule has 0 radical (unpaired) electrons. The lowest BCUT2D eigenvalue weighted by Gasteiger charge is -2.03. The molecule has 0 atom stereocenters. The van der Waals surface area contributed by atoms with E-state index in [9.17, 15) is 9.59 Å². The zero-order valence-corrected chi connectivity index (χ0v) is 14.5. The Balaban J connectivity index is 1.80. The number of aryl methyl sites for hydroxylation is 1. The SMILES string of the molecule is COc1ccn(-c2nc(C)c(C(=O)NCc3cccnc3)s2)c(=O)c1. The summed E-state index contributed by atoms with van der Waals surface area (Å²) in [4.78, 5) is 33.4. The Morgan fingerprint density at radius 3 is 2.92 bits per heavy atom. The summed E-state index contributed by atoms with van der Waals surface area (Å²) in [6.07, 6.45) is 4.95. The van der Waals surface area contributed by atoms with Crippen molar-refractivity contribution in [2.45, 2.75) is 13.5 Å². The standard InChI is InChI=1S/C17H16N4O3S/c1-11-15(16(23)19-10-12-4-3-6-18-9-12)25-17(20-11)21-7-5-13(24-2)8-14(21)22/h3-9H,10H2,1-2H3,(H,19,23). The summed E-state index contributed by atoms with van der Waals surface area (Å²) in [7, 11) is 1.50. The van der Waals surface area contributed by atoms with E-state index >= 15 is 0 Å². The molecule has 0 saturated heterocycles. The minimum absolute atomic E-state index is 0.230. The van der Waals surface area contributed by atoms with Crippen LogP contribution in [-0.2, 0) is 6.54 Å². The van der Waals surface area contributed by atoms with E-state index in [2.05, 4.69) is 15.3 Å². The Morgan fingerprint density at radius 1 is 1.40 bits per heavy atom. The number of carbonyl (C=O) groups is 1. The Labute approximate surface area is 148 Å². The highest BCUT2D eigenvalue weighted by atomic mass is 32.1. The molecule has 8 heteroatoms. The number of thiazole rings is 1. The van der Waals surface area contributed by atoms with Gasteiger partial charge in [-0.2, -0.15) is 0 Å². The van der Waals surface area contributed by atoms with Crippen molar-refractivity contribution in [1.29, 1.82) is 0 Å². The van der Waals surface area contributed by atoms with Gasteiger partial charge in [-0.25, -0.2) is 4.98 Å². The maximum atomic E-state index is 12.4. The lowest BCUT2D eigenvalue weighted by atomic mass is 10.3. The van der Waals surface area contributed by atoms with E-state index in [4.69, 9.17) is 4.74 Å². The minimum Gasteiger partial charge on any atom is -0.497 e. The molecule has 0 aliphatic heterocycles. The van der Waals surface area contributed by atoms with Gasteiger partial charge < -0.3 is 10.1 Å². The number of methoxy groups -OCH3 is 1. The number of rotatable bonds is 5. The van der Waals surface area contributed by atoms with E-state index in [1.165, 1.54) is 29.1 Å². The number of carbonyl (C=O) groups excluding carboxylic acids is 1. The van der Waals surface area contributed by atoms with E-state index in [0.29, 0.717) is 28.0 Å². The van der Waals surface area contributed by atoms with Crippen LogP contribution < -0.4 is 15.6 Å². The molecule has 3 heterocycles. The third-order valence-corrected chi connectivity index (χ3v) is 4.66. The second-order valence-electron chi connectivity index (χ2n) is 5.23. The highest BCUT2D eigenvalue weighted by molar-refractivity contribution is 7.16. The summed E-state index contributed by atoms with van der Waals surface area (Å²) in [5.74, 6) is 0.246. The van der Waals surface area contributed by atoms with Gasteiger partial charge in [0, 0.05) is 31.2 Å². The Kier molecular flexibility index (Phi) is 4.90. The monoisotopic (exact) mass is 356 g/mol. The average molecular weight is 356 g/mol. The van der Waals surface area contributed by atoms with Crippen LogP contribution in [0.25, 0.3) is 5.13 Å². The van der Waals surface area contributed by atoms with Crippen LogP contribution in [0, 0.1) is 6.92 Å². The van der Waals surface area contributed by atoms with E-state index in [1.807, 2.05) is 12.1 Å². The molecule has 3 aromatic heterocycles. The second-order valence-corrected chi connectivity index (χ2v) is 6.21. The van der Waals surface area contributed by atoms with E-state index in [0.717, 1.165) is 5.56 Å². The van der Waals surface area contributed by atoms with Crippen molar-refractivity contribution < 1.29 is 9.53 Å². The average Bonchev–Trinajstić information content (AvgIpc) is 3.02. The lowest BCUT2D eigenvalue weighted by Crippen LogP contribution is -2.22. The first-order valence-corrected chi connectivity index (χ1v) is 8.31. The van der Waals surface area contributed by atoms with Gasteiger partial charge in [0.1, 0.15) is 10.6 Å².